The molecule has 1 aliphatic rings. The largest absolute Gasteiger partial charge is 0.355 e. The predicted molar refractivity (Wildman–Crippen MR) is 106 cm³/mol. The summed E-state index contributed by atoms with van der Waals surface area (Å²) in [5.74, 6) is 0.554. The number of carbonyl (C=O) groups is 2. The van der Waals surface area contributed by atoms with E-state index in [0.29, 0.717) is 24.3 Å². The first-order valence-electron chi connectivity index (χ1n) is 9.22. The molecule has 8 heteroatoms. The minimum Gasteiger partial charge on any atom is -0.355 e. The van der Waals surface area contributed by atoms with Crippen LogP contribution < -0.4 is 5.32 Å². The van der Waals surface area contributed by atoms with E-state index in [1.807, 2.05) is 20.1 Å². The van der Waals surface area contributed by atoms with E-state index >= 15 is 0 Å². The molecular weight excluding hydrogens is 381 g/mol. The van der Waals surface area contributed by atoms with E-state index in [9.17, 15) is 14.0 Å². The van der Waals surface area contributed by atoms with Crippen LogP contribution in [0.15, 0.2) is 34.9 Å². The van der Waals surface area contributed by atoms with Gasteiger partial charge in [0.1, 0.15) is 11.9 Å². The second-order valence-corrected chi connectivity index (χ2v) is 8.26. The lowest BCUT2D eigenvalue weighted by Crippen LogP contribution is -2.62. The first-order valence-corrected chi connectivity index (χ1v) is 10.6. The van der Waals surface area contributed by atoms with Crippen LogP contribution >= 0.6 is 11.8 Å². The van der Waals surface area contributed by atoms with E-state index in [1.165, 1.54) is 18.2 Å². The van der Waals surface area contributed by atoms with Gasteiger partial charge in [-0.2, -0.15) is 11.8 Å². The van der Waals surface area contributed by atoms with Crippen LogP contribution in [0.2, 0.25) is 0 Å². The molecule has 1 aliphatic heterocycles. The van der Waals surface area contributed by atoms with Gasteiger partial charge in [0, 0.05) is 23.9 Å². The normalized spacial score (nSPS) is 19.8. The lowest BCUT2D eigenvalue weighted by molar-refractivity contribution is -0.129. The van der Waals surface area contributed by atoms with Gasteiger partial charge in [0.2, 0.25) is 5.91 Å². The van der Waals surface area contributed by atoms with E-state index < -0.39 is 6.04 Å². The zero-order chi connectivity index (χ0) is 20.3. The topological polar surface area (TPSA) is 75.4 Å². The van der Waals surface area contributed by atoms with Crippen LogP contribution in [0.5, 0.6) is 0 Å². The van der Waals surface area contributed by atoms with Gasteiger partial charge in [-0.15, -0.1) is 0 Å². The van der Waals surface area contributed by atoms with E-state index in [-0.39, 0.29) is 35.3 Å². The summed E-state index contributed by atoms with van der Waals surface area (Å²) in [5, 5.41) is 6.92. The molecule has 1 aromatic heterocycles. The summed E-state index contributed by atoms with van der Waals surface area (Å²) in [6.07, 6.45) is 2.54. The lowest BCUT2D eigenvalue weighted by Gasteiger charge is -2.39. The van der Waals surface area contributed by atoms with Crippen molar-refractivity contribution in [3.63, 3.8) is 0 Å². The van der Waals surface area contributed by atoms with Crippen molar-refractivity contribution in [2.24, 2.45) is 5.92 Å². The Balaban J connectivity index is 1.84. The molecule has 2 amide bonds. The molecule has 0 radical (unpaired) electrons. The maximum absolute atomic E-state index is 13.1. The molecule has 3 rings (SSSR count). The summed E-state index contributed by atoms with van der Waals surface area (Å²) < 4.78 is 18.4. The fraction of sp³-hybridized carbons (Fsp3) is 0.450. The van der Waals surface area contributed by atoms with Crippen LogP contribution in [0, 0.1) is 11.7 Å². The van der Waals surface area contributed by atoms with Crippen molar-refractivity contribution < 1.29 is 18.5 Å². The van der Waals surface area contributed by atoms with Crippen LogP contribution in [0.3, 0.4) is 0 Å². The number of thioether (sulfide) groups is 1. The third-order valence-corrected chi connectivity index (χ3v) is 5.36. The molecule has 0 saturated carbocycles. The molecule has 0 spiro atoms. The molecule has 0 bridgehead atoms. The summed E-state index contributed by atoms with van der Waals surface area (Å²) in [4.78, 5) is 27.4. The predicted octanol–water partition coefficient (Wildman–Crippen LogP) is 3.20. The molecule has 6 nitrogen and oxygen atoms in total. The van der Waals surface area contributed by atoms with Crippen molar-refractivity contribution in [1.82, 2.24) is 15.4 Å². The number of piperazine rings is 1. The van der Waals surface area contributed by atoms with Gasteiger partial charge in [-0.25, -0.2) is 4.39 Å². The average molecular weight is 405 g/mol. The Labute approximate surface area is 167 Å². The quantitative estimate of drug-likeness (QED) is 0.799. The molecule has 2 atom stereocenters. The van der Waals surface area contributed by atoms with Crippen LogP contribution in [-0.2, 0) is 4.79 Å². The zero-order valence-corrected chi connectivity index (χ0v) is 17.0. The summed E-state index contributed by atoms with van der Waals surface area (Å²) in [6.45, 7) is 4.47. The number of rotatable bonds is 6. The molecule has 1 fully saturated rings. The SMILES string of the molecule is CSC[C@H]1CN(C(=O)c2cc(-c3ccc(F)cc3)on2)[C@@H](CC(C)C)C(=O)N1. The Morgan fingerprint density at radius 3 is 2.75 bits per heavy atom. The summed E-state index contributed by atoms with van der Waals surface area (Å²) in [6, 6.07) is 6.68. The molecule has 28 heavy (non-hydrogen) atoms. The molecule has 0 aliphatic carbocycles. The van der Waals surface area contributed by atoms with Gasteiger partial charge < -0.3 is 14.7 Å². The van der Waals surface area contributed by atoms with E-state index in [4.69, 9.17) is 4.52 Å². The van der Waals surface area contributed by atoms with Crippen LogP contribution in [-0.4, -0.2) is 52.5 Å². The maximum Gasteiger partial charge on any atom is 0.276 e. The Morgan fingerprint density at radius 2 is 2.11 bits per heavy atom. The number of nitrogens with one attached hydrogen (secondary N) is 1. The third-order valence-electron chi connectivity index (χ3n) is 4.62. The maximum atomic E-state index is 13.1. The first-order chi connectivity index (χ1) is 13.4. The van der Waals surface area contributed by atoms with Crippen LogP contribution in [0.1, 0.15) is 30.8 Å². The number of carbonyl (C=O) groups excluding carboxylic acids is 2. The van der Waals surface area contributed by atoms with Gasteiger partial charge in [-0.1, -0.05) is 19.0 Å². The Morgan fingerprint density at radius 1 is 1.39 bits per heavy atom. The van der Waals surface area contributed by atoms with Crippen molar-refractivity contribution in [2.75, 3.05) is 18.6 Å². The van der Waals surface area contributed by atoms with E-state index in [0.717, 1.165) is 5.75 Å². The molecule has 2 aromatic rings. The van der Waals surface area contributed by atoms with Crippen molar-refractivity contribution in [3.05, 3.63) is 41.8 Å². The van der Waals surface area contributed by atoms with Crippen molar-refractivity contribution in [2.45, 2.75) is 32.4 Å². The highest BCUT2D eigenvalue weighted by molar-refractivity contribution is 7.98. The van der Waals surface area contributed by atoms with E-state index in [2.05, 4.69) is 10.5 Å². The van der Waals surface area contributed by atoms with Gasteiger partial charge in [-0.3, -0.25) is 9.59 Å². The number of aromatic nitrogens is 1. The van der Waals surface area contributed by atoms with Crippen molar-refractivity contribution in [1.29, 1.82) is 0 Å². The minimum absolute atomic E-state index is 0.0988. The number of hydrogen-bond acceptors (Lipinski definition) is 5. The monoisotopic (exact) mass is 405 g/mol. The number of hydrogen-bond donors (Lipinski definition) is 1. The number of amides is 2. The number of halogens is 1. The second kappa shape index (κ2) is 8.77. The third kappa shape index (κ3) is 4.55. The molecule has 1 N–H and O–H groups in total. The van der Waals surface area contributed by atoms with Crippen molar-refractivity contribution >= 4 is 23.6 Å². The van der Waals surface area contributed by atoms with Crippen LogP contribution in [0.4, 0.5) is 4.39 Å². The van der Waals surface area contributed by atoms with Crippen molar-refractivity contribution in [3.8, 4) is 11.3 Å². The standard InChI is InChI=1S/C20H24FN3O3S/c1-12(2)8-17-19(25)22-15(11-28-3)10-24(17)20(26)16-9-18(27-23-16)13-4-6-14(21)7-5-13/h4-7,9,12,15,17H,8,10-11H2,1-3H3,(H,22,25)/t15-,17+/m1/s1. The fourth-order valence-corrected chi connectivity index (χ4v) is 3.91. The van der Waals surface area contributed by atoms with Gasteiger partial charge in [0.25, 0.3) is 5.91 Å². The highest BCUT2D eigenvalue weighted by Gasteiger charge is 2.38. The highest BCUT2D eigenvalue weighted by atomic mass is 32.2. The Hall–Kier alpha value is -2.35. The summed E-state index contributed by atoms with van der Waals surface area (Å²) >= 11 is 1.62. The first kappa shape index (κ1) is 20.4. The molecule has 1 saturated heterocycles. The highest BCUT2D eigenvalue weighted by Crippen LogP contribution is 2.24. The fourth-order valence-electron chi connectivity index (χ4n) is 3.32. The van der Waals surface area contributed by atoms with Crippen LogP contribution in [0.25, 0.3) is 11.3 Å². The van der Waals surface area contributed by atoms with Gasteiger partial charge in [0.05, 0.1) is 6.04 Å². The number of benzene rings is 1. The summed E-state index contributed by atoms with van der Waals surface area (Å²) in [7, 11) is 0. The molecular formula is C20H24FN3O3S. The van der Waals surface area contributed by atoms with Gasteiger partial charge >= 0.3 is 0 Å². The minimum atomic E-state index is -0.531. The Bertz CT molecular complexity index is 837. The van der Waals surface area contributed by atoms with Gasteiger partial charge in [-0.05, 0) is 42.9 Å². The molecule has 1 aromatic carbocycles. The second-order valence-electron chi connectivity index (χ2n) is 7.35. The zero-order valence-electron chi connectivity index (χ0n) is 16.1. The molecule has 150 valence electrons. The van der Waals surface area contributed by atoms with E-state index in [1.54, 1.807) is 28.8 Å². The lowest BCUT2D eigenvalue weighted by atomic mass is 9.98. The Kier molecular flexibility index (Phi) is 6.39. The molecule has 2 heterocycles. The summed E-state index contributed by atoms with van der Waals surface area (Å²) in [5.41, 5.74) is 0.772. The average Bonchev–Trinajstić information content (AvgIpc) is 3.14. The molecule has 0 unspecified atom stereocenters. The van der Waals surface area contributed by atoms with Gasteiger partial charge in [0.15, 0.2) is 11.5 Å². The number of nitrogens with zero attached hydrogens (tertiary/aromatic N) is 2. The smallest absolute Gasteiger partial charge is 0.276 e.